The molecule has 0 aliphatic carbocycles. The number of hydrogen-bond acceptors (Lipinski definition) is 7. The maximum absolute atomic E-state index is 13.5. The van der Waals surface area contributed by atoms with E-state index in [1.165, 1.54) is 35.6 Å². The molecule has 41 heavy (non-hydrogen) atoms. The van der Waals surface area contributed by atoms with Crippen molar-refractivity contribution in [2.45, 2.75) is 26.8 Å². The largest absolute Gasteiger partial charge is 0.462 e. The number of amides is 1. The Morgan fingerprint density at radius 1 is 1.02 bits per heavy atom. The Bertz CT molecular complexity index is 1960. The topological polar surface area (TPSA) is 138 Å². The summed E-state index contributed by atoms with van der Waals surface area (Å²) < 4.78 is 8.21. The third kappa shape index (κ3) is 5.24. The Labute approximate surface area is 233 Å². The zero-order chi connectivity index (χ0) is 29.1. The fourth-order valence-electron chi connectivity index (χ4n) is 4.66. The van der Waals surface area contributed by atoms with E-state index < -0.39 is 22.4 Å². The van der Waals surface area contributed by atoms with Crippen molar-refractivity contribution in [2.24, 2.45) is 4.99 Å². The van der Waals surface area contributed by atoms with Crippen LogP contribution in [0.15, 0.2) is 88.8 Å². The molecule has 206 valence electrons. The number of fused-ring (bicyclic) bond motifs is 2. The van der Waals surface area contributed by atoms with E-state index in [9.17, 15) is 24.5 Å². The highest BCUT2D eigenvalue weighted by molar-refractivity contribution is 5.98. The molecule has 0 atom stereocenters. The molecule has 5 aromatic rings. The summed E-state index contributed by atoms with van der Waals surface area (Å²) in [5.74, 6) is -1.56. The molecular weight excluding hydrogens is 526 g/mol. The van der Waals surface area contributed by atoms with Crippen LogP contribution in [0, 0.1) is 17.0 Å². The van der Waals surface area contributed by atoms with Crippen molar-refractivity contribution in [3.05, 3.63) is 127 Å². The zero-order valence-electron chi connectivity index (χ0n) is 22.3. The van der Waals surface area contributed by atoms with Crippen LogP contribution < -0.4 is 11.0 Å². The van der Waals surface area contributed by atoms with E-state index in [-0.39, 0.29) is 52.1 Å². The van der Waals surface area contributed by atoms with Gasteiger partial charge in [-0.1, -0.05) is 42.5 Å². The standard InChI is InChI=1S/C30H25N5O6/c1-3-41-30(38)23-18-22-26(31-25-14-7-8-16-33(25)29(22)37)34(17-15-20-10-5-4-6-11-20)27(23)32-28(36)21-12-9-13-24(19(21)2)35(39)40/h4-14,16,18H,3,15,17H2,1-2H3. The van der Waals surface area contributed by atoms with Gasteiger partial charge in [-0.3, -0.25) is 24.1 Å². The highest BCUT2D eigenvalue weighted by Crippen LogP contribution is 2.22. The van der Waals surface area contributed by atoms with Crippen LogP contribution in [0.5, 0.6) is 0 Å². The maximum atomic E-state index is 13.5. The van der Waals surface area contributed by atoms with Gasteiger partial charge in [0.2, 0.25) is 0 Å². The minimum atomic E-state index is -0.790. The van der Waals surface area contributed by atoms with Crippen LogP contribution >= 0.6 is 0 Å². The Kier molecular flexibility index (Phi) is 7.51. The number of carbonyl (C=O) groups is 2. The third-order valence-electron chi connectivity index (χ3n) is 6.69. The second-order valence-electron chi connectivity index (χ2n) is 9.20. The van der Waals surface area contributed by atoms with Crippen LogP contribution in [0.1, 0.15) is 38.8 Å². The predicted octanol–water partition coefficient (Wildman–Crippen LogP) is 4.03. The van der Waals surface area contributed by atoms with Crippen LogP contribution in [-0.2, 0) is 17.7 Å². The van der Waals surface area contributed by atoms with E-state index in [2.05, 4.69) is 4.99 Å². The van der Waals surface area contributed by atoms with E-state index in [1.54, 1.807) is 35.9 Å². The Morgan fingerprint density at radius 3 is 2.51 bits per heavy atom. The van der Waals surface area contributed by atoms with Gasteiger partial charge in [0.05, 0.1) is 22.5 Å². The lowest BCUT2D eigenvalue weighted by atomic mass is 10.1. The second-order valence-corrected chi connectivity index (χ2v) is 9.20. The van der Waals surface area contributed by atoms with Crippen molar-refractivity contribution in [3.63, 3.8) is 0 Å². The molecule has 0 fully saturated rings. The van der Waals surface area contributed by atoms with Gasteiger partial charge in [0, 0.05) is 24.4 Å². The van der Waals surface area contributed by atoms with Gasteiger partial charge in [-0.25, -0.2) is 9.78 Å². The first-order chi connectivity index (χ1) is 19.8. The Morgan fingerprint density at radius 2 is 1.78 bits per heavy atom. The van der Waals surface area contributed by atoms with Crippen molar-refractivity contribution in [2.75, 3.05) is 6.61 Å². The molecule has 0 unspecified atom stereocenters. The molecule has 2 aromatic carbocycles. The van der Waals surface area contributed by atoms with E-state index in [4.69, 9.17) is 9.72 Å². The Balaban J connectivity index is 1.84. The average Bonchev–Trinajstić information content (AvgIpc) is 2.97. The van der Waals surface area contributed by atoms with Crippen molar-refractivity contribution >= 4 is 34.2 Å². The number of rotatable bonds is 7. The summed E-state index contributed by atoms with van der Waals surface area (Å²) in [6, 6.07) is 20.1. The molecule has 0 aliphatic heterocycles. The van der Waals surface area contributed by atoms with Gasteiger partial charge < -0.3 is 9.30 Å². The number of esters is 1. The molecule has 0 N–H and O–H groups in total. The molecule has 0 saturated carbocycles. The van der Waals surface area contributed by atoms with Crippen LogP contribution in [0.3, 0.4) is 0 Å². The summed E-state index contributed by atoms with van der Waals surface area (Å²) in [4.78, 5) is 60.2. The number of nitro groups is 1. The predicted molar refractivity (Wildman–Crippen MR) is 151 cm³/mol. The molecule has 11 nitrogen and oxygen atoms in total. The number of hydrogen-bond donors (Lipinski definition) is 0. The first-order valence-corrected chi connectivity index (χ1v) is 12.9. The molecule has 0 aliphatic rings. The number of nitro benzene ring substituents is 1. The van der Waals surface area contributed by atoms with Gasteiger partial charge in [-0.2, -0.15) is 4.99 Å². The normalized spacial score (nSPS) is 11.6. The first kappa shape index (κ1) is 27.1. The summed E-state index contributed by atoms with van der Waals surface area (Å²) in [5, 5.41) is 11.6. The number of ether oxygens (including phenoxy) is 1. The average molecular weight is 552 g/mol. The fraction of sp³-hybridized carbons (Fsp3) is 0.167. The molecule has 0 spiro atoms. The number of aromatic nitrogens is 3. The number of aryl methyl sites for hydroxylation is 2. The van der Waals surface area contributed by atoms with Crippen molar-refractivity contribution < 1.29 is 19.2 Å². The van der Waals surface area contributed by atoms with E-state index in [0.717, 1.165) is 5.56 Å². The summed E-state index contributed by atoms with van der Waals surface area (Å²) >= 11 is 0. The van der Waals surface area contributed by atoms with Crippen molar-refractivity contribution in [3.8, 4) is 0 Å². The number of nitrogens with zero attached hydrogens (tertiary/aromatic N) is 5. The van der Waals surface area contributed by atoms with Crippen LogP contribution in [0.4, 0.5) is 5.69 Å². The van der Waals surface area contributed by atoms with Crippen molar-refractivity contribution in [1.29, 1.82) is 0 Å². The van der Waals surface area contributed by atoms with Gasteiger partial charge in [-0.05, 0) is 50.1 Å². The fourth-order valence-corrected chi connectivity index (χ4v) is 4.66. The monoisotopic (exact) mass is 551 g/mol. The highest BCUT2D eigenvalue weighted by Gasteiger charge is 2.22. The molecule has 1 amide bonds. The molecule has 5 rings (SSSR count). The molecule has 3 heterocycles. The smallest absolute Gasteiger partial charge is 0.341 e. The molecule has 11 heteroatoms. The third-order valence-corrected chi connectivity index (χ3v) is 6.69. The Hall–Kier alpha value is -5.45. The quantitative estimate of drug-likeness (QED) is 0.129. The van der Waals surface area contributed by atoms with Gasteiger partial charge in [-0.15, -0.1) is 0 Å². The highest BCUT2D eigenvalue weighted by atomic mass is 16.6. The molecule has 0 bridgehead atoms. The minimum absolute atomic E-state index is 0.00950. The van der Waals surface area contributed by atoms with Crippen molar-refractivity contribution in [1.82, 2.24) is 14.0 Å². The second kappa shape index (κ2) is 11.3. The first-order valence-electron chi connectivity index (χ1n) is 12.9. The van der Waals surface area contributed by atoms with E-state index in [0.29, 0.717) is 12.1 Å². The lowest BCUT2D eigenvalue weighted by Gasteiger charge is -2.15. The SMILES string of the molecule is CCOC(=O)c1cc2c(=O)n3ccccc3nc2n(CCc2ccccc2)c1=NC(=O)c1cccc([N+](=O)[O-])c1C. The summed E-state index contributed by atoms with van der Waals surface area (Å²) in [5.41, 5.74) is 0.928. The number of benzene rings is 2. The molecule has 0 saturated heterocycles. The molecule has 3 aromatic heterocycles. The lowest BCUT2D eigenvalue weighted by molar-refractivity contribution is -0.385. The number of pyridine rings is 2. The van der Waals surface area contributed by atoms with Crippen LogP contribution in [0.2, 0.25) is 0 Å². The van der Waals surface area contributed by atoms with Gasteiger partial charge in [0.15, 0.2) is 5.49 Å². The molecular formula is C30H25N5O6. The van der Waals surface area contributed by atoms with Gasteiger partial charge >= 0.3 is 5.97 Å². The van der Waals surface area contributed by atoms with E-state index >= 15 is 0 Å². The lowest BCUT2D eigenvalue weighted by Crippen LogP contribution is -2.33. The minimum Gasteiger partial charge on any atom is -0.462 e. The van der Waals surface area contributed by atoms with Crippen LogP contribution in [-0.4, -0.2) is 37.4 Å². The van der Waals surface area contributed by atoms with Gasteiger partial charge in [0.25, 0.3) is 17.2 Å². The summed E-state index contributed by atoms with van der Waals surface area (Å²) in [7, 11) is 0. The van der Waals surface area contributed by atoms with Gasteiger partial charge in [0.1, 0.15) is 16.9 Å². The van der Waals surface area contributed by atoms with Crippen LogP contribution in [0.25, 0.3) is 16.7 Å². The number of carbonyl (C=O) groups excluding carboxylic acids is 2. The summed E-state index contributed by atoms with van der Waals surface area (Å²) in [6.45, 7) is 3.36. The zero-order valence-corrected chi connectivity index (χ0v) is 22.3. The molecule has 0 radical (unpaired) electrons. The van der Waals surface area contributed by atoms with E-state index in [1.807, 2.05) is 30.3 Å². The summed E-state index contributed by atoms with van der Waals surface area (Å²) in [6.07, 6.45) is 2.05. The maximum Gasteiger partial charge on any atom is 0.341 e.